The molecule has 5 atom stereocenters. The lowest BCUT2D eigenvalue weighted by Crippen LogP contribution is -2.56. The van der Waals surface area contributed by atoms with Crippen LogP contribution in [0.4, 0.5) is 0 Å². The highest BCUT2D eigenvalue weighted by atomic mass is 16.2. The molecule has 1 unspecified atom stereocenters. The Morgan fingerprint density at radius 3 is 2.78 bits per heavy atom. The number of hydrogen-bond acceptors (Lipinski definition) is 6. The average molecular weight is 437 g/mol. The number of piperazine rings is 1. The van der Waals surface area contributed by atoms with Gasteiger partial charge < -0.3 is 21.3 Å². The van der Waals surface area contributed by atoms with Crippen molar-refractivity contribution in [2.75, 3.05) is 19.6 Å². The molecule has 3 saturated heterocycles. The Kier molecular flexibility index (Phi) is 5.14. The summed E-state index contributed by atoms with van der Waals surface area (Å²) in [7, 11) is 0. The van der Waals surface area contributed by atoms with Crippen LogP contribution in [0.5, 0.6) is 0 Å². The Morgan fingerprint density at radius 1 is 1.25 bits per heavy atom. The van der Waals surface area contributed by atoms with Crippen LogP contribution >= 0.6 is 0 Å². The van der Waals surface area contributed by atoms with Crippen LogP contribution < -0.4 is 11.5 Å². The first-order chi connectivity index (χ1) is 15.4. The molecule has 5 rings (SSSR count). The Labute approximate surface area is 186 Å². The van der Waals surface area contributed by atoms with Crippen molar-refractivity contribution in [3.63, 3.8) is 0 Å². The molecule has 1 aliphatic carbocycles. The Hall–Kier alpha value is -2.96. The largest absolute Gasteiger partial charge is 0.366 e. The smallest absolute Gasteiger partial charge is 0.248 e. The summed E-state index contributed by atoms with van der Waals surface area (Å²) in [6.45, 7) is 1.60. The van der Waals surface area contributed by atoms with Crippen molar-refractivity contribution in [2.45, 2.75) is 62.3 Å². The fraction of sp³-hybridized carbons (Fsp3) is 0.565. The lowest BCUT2D eigenvalue weighted by Gasteiger charge is -2.38. The second-order valence-electron chi connectivity index (χ2n) is 9.36. The molecule has 0 spiro atoms. The second kappa shape index (κ2) is 7.87. The molecule has 168 valence electrons. The van der Waals surface area contributed by atoms with Crippen molar-refractivity contribution in [2.24, 2.45) is 11.5 Å². The number of nitrogens with zero attached hydrogens (tertiary/aromatic N) is 4. The van der Waals surface area contributed by atoms with Crippen LogP contribution in [-0.2, 0) is 16.0 Å². The van der Waals surface area contributed by atoms with Gasteiger partial charge in [0.05, 0.1) is 24.2 Å². The second-order valence-corrected chi connectivity index (χ2v) is 9.36. The van der Waals surface area contributed by atoms with Gasteiger partial charge in [0, 0.05) is 31.2 Å². The van der Waals surface area contributed by atoms with Gasteiger partial charge in [-0.05, 0) is 55.4 Å². The summed E-state index contributed by atoms with van der Waals surface area (Å²) in [5, 5.41) is 9.25. The summed E-state index contributed by atoms with van der Waals surface area (Å²) < 4.78 is 0. The number of primary amides is 1. The molecule has 3 amide bonds. The maximum Gasteiger partial charge on any atom is 0.248 e. The Morgan fingerprint density at radius 2 is 2.06 bits per heavy atom. The number of carbonyl (C=O) groups excluding carboxylic acids is 3. The standard InChI is InChI=1S/C23H28N6O3/c24-10-15-2-1-7-28(15)22(31)18(25)12-27-11-16-9-20(27)23(32)29(16)19-6-4-13-8-14(21(26)30)3-5-17(13)19/h3,5,8,15-16,18-20H,1-2,4,6-7,9,11-12,25H2,(H2,26,30)/t15-,16?,18-,19-,20+/m0/s1. The van der Waals surface area contributed by atoms with Crippen molar-refractivity contribution in [3.05, 3.63) is 34.9 Å². The number of fused-ring (bicyclic) bond motifs is 3. The van der Waals surface area contributed by atoms with Crippen LogP contribution in [0.1, 0.15) is 53.2 Å². The van der Waals surface area contributed by atoms with E-state index in [9.17, 15) is 19.6 Å². The summed E-state index contributed by atoms with van der Waals surface area (Å²) in [6.07, 6.45) is 3.93. The van der Waals surface area contributed by atoms with Crippen LogP contribution in [0, 0.1) is 11.3 Å². The number of hydrogen-bond donors (Lipinski definition) is 2. The molecule has 1 aromatic carbocycles. The SMILES string of the molecule is N#C[C@@H]1CCCN1C(=O)[C@@H](N)CN1CC2C[C@@H]1C(=O)N2[C@H]1CCc2cc(C(N)=O)ccc21. The van der Waals surface area contributed by atoms with Crippen molar-refractivity contribution in [1.82, 2.24) is 14.7 Å². The molecule has 32 heavy (non-hydrogen) atoms. The quantitative estimate of drug-likeness (QED) is 0.661. The third kappa shape index (κ3) is 3.26. The van der Waals surface area contributed by atoms with Crippen molar-refractivity contribution < 1.29 is 14.4 Å². The van der Waals surface area contributed by atoms with Gasteiger partial charge in [0.2, 0.25) is 17.7 Å². The van der Waals surface area contributed by atoms with E-state index in [0.717, 1.165) is 36.8 Å². The summed E-state index contributed by atoms with van der Waals surface area (Å²) in [5.74, 6) is -0.547. The minimum Gasteiger partial charge on any atom is -0.366 e. The van der Waals surface area contributed by atoms with Crippen molar-refractivity contribution >= 4 is 17.7 Å². The zero-order valence-corrected chi connectivity index (χ0v) is 17.9. The predicted molar refractivity (Wildman–Crippen MR) is 115 cm³/mol. The van der Waals surface area contributed by atoms with E-state index in [1.54, 1.807) is 11.0 Å². The molecule has 0 radical (unpaired) electrons. The number of likely N-dealkylation sites (tertiary alicyclic amines) is 3. The lowest BCUT2D eigenvalue weighted by atomic mass is 10.0. The third-order valence-electron chi connectivity index (χ3n) is 7.56. The van der Waals surface area contributed by atoms with Gasteiger partial charge in [-0.15, -0.1) is 0 Å². The molecule has 0 saturated carbocycles. The highest BCUT2D eigenvalue weighted by Crippen LogP contribution is 2.44. The third-order valence-corrected chi connectivity index (χ3v) is 7.56. The number of aryl methyl sites for hydroxylation is 1. The van der Waals surface area contributed by atoms with Gasteiger partial charge in [-0.1, -0.05) is 6.07 Å². The Bertz CT molecular complexity index is 1020. The van der Waals surface area contributed by atoms with E-state index in [0.29, 0.717) is 31.6 Å². The number of rotatable bonds is 5. The molecule has 3 aliphatic heterocycles. The highest BCUT2D eigenvalue weighted by Gasteiger charge is 2.53. The van der Waals surface area contributed by atoms with Crippen molar-refractivity contribution in [1.29, 1.82) is 5.26 Å². The summed E-state index contributed by atoms with van der Waals surface area (Å²) in [4.78, 5) is 43.2. The minimum absolute atomic E-state index is 0.0212. The van der Waals surface area contributed by atoms with Gasteiger partial charge in [0.1, 0.15) is 6.04 Å². The van der Waals surface area contributed by atoms with E-state index < -0.39 is 18.0 Å². The Balaban J connectivity index is 1.25. The van der Waals surface area contributed by atoms with Gasteiger partial charge in [-0.25, -0.2) is 0 Å². The van der Waals surface area contributed by atoms with E-state index in [1.165, 1.54) is 0 Å². The van der Waals surface area contributed by atoms with Crippen molar-refractivity contribution in [3.8, 4) is 6.07 Å². The fourth-order valence-electron chi connectivity index (χ4n) is 6.05. The first kappa shape index (κ1) is 20.9. The fourth-order valence-corrected chi connectivity index (χ4v) is 6.05. The van der Waals surface area contributed by atoms with Gasteiger partial charge >= 0.3 is 0 Å². The van der Waals surface area contributed by atoms with Crippen LogP contribution in [0.2, 0.25) is 0 Å². The molecule has 3 heterocycles. The first-order valence-corrected chi connectivity index (χ1v) is 11.3. The molecule has 4 aliphatic rings. The number of nitriles is 1. The summed E-state index contributed by atoms with van der Waals surface area (Å²) in [5.41, 5.74) is 14.3. The molecule has 3 fully saturated rings. The molecule has 0 aromatic heterocycles. The van der Waals surface area contributed by atoms with Crippen LogP contribution in [-0.4, -0.2) is 76.2 Å². The summed E-state index contributed by atoms with van der Waals surface area (Å²) >= 11 is 0. The number of nitrogens with two attached hydrogens (primary N) is 2. The monoisotopic (exact) mass is 436 g/mol. The number of amides is 3. The zero-order chi connectivity index (χ0) is 22.6. The maximum atomic E-state index is 13.3. The van der Waals surface area contributed by atoms with Gasteiger partial charge in [0.15, 0.2) is 0 Å². The van der Waals surface area contributed by atoms with E-state index in [4.69, 9.17) is 11.5 Å². The van der Waals surface area contributed by atoms with Crippen LogP contribution in [0.15, 0.2) is 18.2 Å². The normalized spacial score (nSPS) is 29.9. The summed E-state index contributed by atoms with van der Waals surface area (Å²) in [6, 6.07) is 6.44. The topological polar surface area (TPSA) is 137 Å². The van der Waals surface area contributed by atoms with Gasteiger partial charge in [-0.3, -0.25) is 19.3 Å². The first-order valence-electron chi connectivity index (χ1n) is 11.3. The molecular formula is C23H28N6O3. The predicted octanol–water partition coefficient (Wildman–Crippen LogP) is -0.100. The van der Waals surface area contributed by atoms with Gasteiger partial charge in [0.25, 0.3) is 0 Å². The average Bonchev–Trinajstić information content (AvgIpc) is 3.55. The maximum absolute atomic E-state index is 13.3. The molecule has 9 heteroatoms. The van der Waals surface area contributed by atoms with E-state index >= 15 is 0 Å². The lowest BCUT2D eigenvalue weighted by molar-refractivity contribution is -0.141. The van der Waals surface area contributed by atoms with E-state index in [-0.39, 0.29) is 29.9 Å². The van der Waals surface area contributed by atoms with E-state index in [2.05, 4.69) is 6.07 Å². The van der Waals surface area contributed by atoms with E-state index in [1.807, 2.05) is 21.9 Å². The molecular weight excluding hydrogens is 408 g/mol. The molecule has 9 nitrogen and oxygen atoms in total. The van der Waals surface area contributed by atoms with Crippen LogP contribution in [0.25, 0.3) is 0 Å². The van der Waals surface area contributed by atoms with Gasteiger partial charge in [-0.2, -0.15) is 5.26 Å². The molecule has 2 bridgehead atoms. The zero-order valence-electron chi connectivity index (χ0n) is 17.9. The minimum atomic E-state index is -0.732. The highest BCUT2D eigenvalue weighted by molar-refractivity contribution is 5.93. The molecule has 4 N–H and O–H groups in total. The number of benzene rings is 1. The number of carbonyl (C=O) groups is 3. The molecule has 1 aromatic rings. The van der Waals surface area contributed by atoms with Crippen LogP contribution in [0.3, 0.4) is 0 Å².